The molecule has 0 saturated carbocycles. The molecular formula is C13H17ClN2O2. The largest absolute Gasteiger partial charge is 0.373 e. The van der Waals surface area contributed by atoms with Gasteiger partial charge in [-0.25, -0.2) is 0 Å². The number of hydrogen-bond acceptors (Lipinski definition) is 3. The van der Waals surface area contributed by atoms with Crippen LogP contribution in [0.25, 0.3) is 0 Å². The van der Waals surface area contributed by atoms with E-state index in [-0.39, 0.29) is 18.1 Å². The molecule has 2 atom stereocenters. The fourth-order valence-electron chi connectivity index (χ4n) is 1.98. The fraction of sp³-hybridized carbons (Fsp3) is 0.462. The van der Waals surface area contributed by atoms with E-state index in [9.17, 15) is 4.79 Å². The Morgan fingerprint density at radius 2 is 2.28 bits per heavy atom. The second-order valence-corrected chi connectivity index (χ2v) is 4.91. The van der Waals surface area contributed by atoms with Crippen LogP contribution in [0.2, 0.25) is 5.02 Å². The zero-order valence-electron chi connectivity index (χ0n) is 10.3. The van der Waals surface area contributed by atoms with Gasteiger partial charge in [-0.3, -0.25) is 4.79 Å². The van der Waals surface area contributed by atoms with Crippen molar-refractivity contribution in [2.75, 3.05) is 19.7 Å². The normalized spacial score (nSPS) is 21.7. The first-order chi connectivity index (χ1) is 8.59. The molecule has 0 bridgehead atoms. The highest BCUT2D eigenvalue weighted by Gasteiger charge is 2.27. The summed E-state index contributed by atoms with van der Waals surface area (Å²) >= 11 is 6.03. The van der Waals surface area contributed by atoms with Gasteiger partial charge in [0.1, 0.15) is 0 Å². The fourth-order valence-corrected chi connectivity index (χ4v) is 2.20. The van der Waals surface area contributed by atoms with Crippen LogP contribution in [0.4, 0.5) is 0 Å². The van der Waals surface area contributed by atoms with Crippen molar-refractivity contribution in [3.63, 3.8) is 0 Å². The van der Waals surface area contributed by atoms with Crippen LogP contribution in [0.1, 0.15) is 17.3 Å². The van der Waals surface area contributed by atoms with Crippen molar-refractivity contribution in [2.24, 2.45) is 5.73 Å². The van der Waals surface area contributed by atoms with Crippen LogP contribution in [0.5, 0.6) is 0 Å². The summed E-state index contributed by atoms with van der Waals surface area (Å²) in [5.74, 6) is -0.0606. The number of ether oxygens (including phenoxy) is 1. The number of amides is 1. The SMILES string of the molecule is C[C@H](N)[C@H]1CN(C(=O)c2ccccc2Cl)CCO1. The Bertz CT molecular complexity index is 437. The maximum atomic E-state index is 12.3. The molecule has 2 rings (SSSR count). The quantitative estimate of drug-likeness (QED) is 0.885. The van der Waals surface area contributed by atoms with Gasteiger partial charge in [-0.15, -0.1) is 0 Å². The third kappa shape index (κ3) is 2.83. The summed E-state index contributed by atoms with van der Waals surface area (Å²) < 4.78 is 5.53. The van der Waals surface area contributed by atoms with Gasteiger partial charge in [0, 0.05) is 19.1 Å². The molecule has 0 aliphatic carbocycles. The summed E-state index contributed by atoms with van der Waals surface area (Å²) in [5, 5.41) is 0.478. The lowest BCUT2D eigenvalue weighted by Crippen LogP contribution is -2.51. The van der Waals surface area contributed by atoms with Gasteiger partial charge < -0.3 is 15.4 Å². The van der Waals surface area contributed by atoms with E-state index >= 15 is 0 Å². The number of benzene rings is 1. The Hall–Kier alpha value is -1.10. The summed E-state index contributed by atoms with van der Waals surface area (Å²) in [4.78, 5) is 14.1. The number of rotatable bonds is 2. The Labute approximate surface area is 112 Å². The monoisotopic (exact) mass is 268 g/mol. The molecule has 2 N–H and O–H groups in total. The average molecular weight is 269 g/mol. The Morgan fingerprint density at radius 1 is 1.56 bits per heavy atom. The van der Waals surface area contributed by atoms with Crippen LogP contribution < -0.4 is 5.73 Å². The molecule has 0 radical (unpaired) electrons. The highest BCUT2D eigenvalue weighted by atomic mass is 35.5. The molecule has 1 aromatic carbocycles. The number of nitrogens with two attached hydrogens (primary N) is 1. The van der Waals surface area contributed by atoms with E-state index in [2.05, 4.69) is 0 Å². The molecule has 5 heteroatoms. The van der Waals surface area contributed by atoms with Crippen molar-refractivity contribution < 1.29 is 9.53 Å². The molecule has 1 amide bonds. The molecular weight excluding hydrogens is 252 g/mol. The lowest BCUT2D eigenvalue weighted by molar-refractivity contribution is -0.0300. The van der Waals surface area contributed by atoms with E-state index < -0.39 is 0 Å². The Morgan fingerprint density at radius 3 is 2.94 bits per heavy atom. The number of carbonyl (C=O) groups is 1. The van der Waals surface area contributed by atoms with E-state index in [1.807, 2.05) is 19.1 Å². The topological polar surface area (TPSA) is 55.6 Å². The summed E-state index contributed by atoms with van der Waals surface area (Å²) in [6.07, 6.45) is -0.106. The van der Waals surface area contributed by atoms with Gasteiger partial charge in [0.2, 0.25) is 0 Å². The Balaban J connectivity index is 2.12. The summed E-state index contributed by atoms with van der Waals surface area (Å²) in [6, 6.07) is 6.98. The second kappa shape index (κ2) is 5.69. The van der Waals surface area contributed by atoms with E-state index in [0.29, 0.717) is 30.3 Å². The van der Waals surface area contributed by atoms with Gasteiger partial charge in [0.15, 0.2) is 0 Å². The van der Waals surface area contributed by atoms with Gasteiger partial charge >= 0.3 is 0 Å². The number of halogens is 1. The van der Waals surface area contributed by atoms with Crippen molar-refractivity contribution >= 4 is 17.5 Å². The van der Waals surface area contributed by atoms with Crippen LogP contribution in [0.3, 0.4) is 0 Å². The third-order valence-electron chi connectivity index (χ3n) is 3.07. The molecule has 1 aliphatic heterocycles. The van der Waals surface area contributed by atoms with Gasteiger partial charge in [-0.2, -0.15) is 0 Å². The molecule has 98 valence electrons. The van der Waals surface area contributed by atoms with E-state index in [4.69, 9.17) is 22.1 Å². The minimum atomic E-state index is -0.106. The van der Waals surface area contributed by atoms with Crippen LogP contribution in [-0.4, -0.2) is 42.6 Å². The summed E-state index contributed by atoms with van der Waals surface area (Å²) in [7, 11) is 0. The highest BCUT2D eigenvalue weighted by Crippen LogP contribution is 2.19. The molecule has 1 heterocycles. The lowest BCUT2D eigenvalue weighted by Gasteiger charge is -2.34. The first kappa shape index (κ1) is 13.3. The number of morpholine rings is 1. The maximum Gasteiger partial charge on any atom is 0.255 e. The van der Waals surface area contributed by atoms with Crippen molar-refractivity contribution in [3.8, 4) is 0 Å². The zero-order valence-corrected chi connectivity index (χ0v) is 11.1. The van der Waals surface area contributed by atoms with E-state index in [1.165, 1.54) is 0 Å². The smallest absolute Gasteiger partial charge is 0.255 e. The predicted molar refractivity (Wildman–Crippen MR) is 70.7 cm³/mol. The van der Waals surface area contributed by atoms with E-state index in [0.717, 1.165) is 0 Å². The minimum absolute atomic E-state index is 0.0606. The van der Waals surface area contributed by atoms with Crippen LogP contribution >= 0.6 is 11.6 Å². The minimum Gasteiger partial charge on any atom is -0.373 e. The number of nitrogens with zero attached hydrogens (tertiary/aromatic N) is 1. The second-order valence-electron chi connectivity index (χ2n) is 4.50. The molecule has 0 unspecified atom stereocenters. The molecule has 1 fully saturated rings. The number of hydrogen-bond donors (Lipinski definition) is 1. The molecule has 0 spiro atoms. The number of carbonyl (C=O) groups excluding carboxylic acids is 1. The van der Waals surface area contributed by atoms with Crippen molar-refractivity contribution in [2.45, 2.75) is 19.1 Å². The van der Waals surface area contributed by atoms with Crippen LogP contribution in [0.15, 0.2) is 24.3 Å². The van der Waals surface area contributed by atoms with Gasteiger partial charge in [0.25, 0.3) is 5.91 Å². The lowest BCUT2D eigenvalue weighted by atomic mass is 10.1. The predicted octanol–water partition coefficient (Wildman–Crippen LogP) is 1.53. The average Bonchev–Trinajstić information content (AvgIpc) is 2.38. The van der Waals surface area contributed by atoms with E-state index in [1.54, 1.807) is 17.0 Å². The molecule has 1 aromatic rings. The van der Waals surface area contributed by atoms with Gasteiger partial charge in [-0.05, 0) is 19.1 Å². The standard InChI is InChI=1S/C13H17ClN2O2/c1-9(15)12-8-16(6-7-18-12)13(17)10-4-2-3-5-11(10)14/h2-5,9,12H,6-8,15H2,1H3/t9-,12+/m0/s1. The molecule has 1 saturated heterocycles. The summed E-state index contributed by atoms with van der Waals surface area (Å²) in [6.45, 7) is 3.49. The van der Waals surface area contributed by atoms with Gasteiger partial charge in [0.05, 0.1) is 23.3 Å². The summed E-state index contributed by atoms with van der Waals surface area (Å²) in [5.41, 5.74) is 6.34. The Kier molecular flexibility index (Phi) is 4.22. The van der Waals surface area contributed by atoms with Gasteiger partial charge in [-0.1, -0.05) is 23.7 Å². The zero-order chi connectivity index (χ0) is 13.1. The molecule has 0 aromatic heterocycles. The highest BCUT2D eigenvalue weighted by molar-refractivity contribution is 6.33. The first-order valence-corrected chi connectivity index (χ1v) is 6.38. The van der Waals surface area contributed by atoms with Crippen molar-refractivity contribution in [1.29, 1.82) is 0 Å². The molecule has 18 heavy (non-hydrogen) atoms. The third-order valence-corrected chi connectivity index (χ3v) is 3.40. The van der Waals surface area contributed by atoms with Crippen LogP contribution in [-0.2, 0) is 4.74 Å². The first-order valence-electron chi connectivity index (χ1n) is 6.00. The van der Waals surface area contributed by atoms with Crippen molar-refractivity contribution in [1.82, 2.24) is 4.90 Å². The van der Waals surface area contributed by atoms with Crippen LogP contribution in [0, 0.1) is 0 Å². The maximum absolute atomic E-state index is 12.3. The molecule has 1 aliphatic rings. The molecule has 4 nitrogen and oxygen atoms in total. The van der Waals surface area contributed by atoms with Crippen molar-refractivity contribution in [3.05, 3.63) is 34.9 Å².